The van der Waals surface area contributed by atoms with Gasteiger partial charge in [-0.2, -0.15) is 13.2 Å². The van der Waals surface area contributed by atoms with Crippen molar-refractivity contribution in [3.63, 3.8) is 0 Å². The van der Waals surface area contributed by atoms with Crippen LogP contribution in [0, 0.1) is 11.8 Å². The molecule has 3 N–H and O–H groups in total. The summed E-state index contributed by atoms with van der Waals surface area (Å²) in [5.41, 5.74) is 0. The minimum atomic E-state index is -4.33. The molecule has 110 valence electrons. The van der Waals surface area contributed by atoms with E-state index < -0.39 is 42.5 Å². The number of carboxylic acids is 1. The summed E-state index contributed by atoms with van der Waals surface area (Å²) in [4.78, 5) is 22.3. The topological polar surface area (TPSA) is 86.6 Å². The first-order chi connectivity index (χ1) is 8.75. The Labute approximate surface area is 107 Å². The molecule has 0 aliphatic heterocycles. The van der Waals surface area contributed by atoms with Crippen LogP contribution in [0.5, 0.6) is 0 Å². The number of amides is 1. The van der Waals surface area contributed by atoms with Gasteiger partial charge in [0.05, 0.1) is 12.5 Å². The lowest BCUT2D eigenvalue weighted by Crippen LogP contribution is -2.47. The molecule has 0 heterocycles. The second-order valence-electron chi connectivity index (χ2n) is 4.68. The van der Waals surface area contributed by atoms with Gasteiger partial charge in [-0.3, -0.25) is 4.79 Å². The summed E-state index contributed by atoms with van der Waals surface area (Å²) < 4.78 is 37.7. The van der Waals surface area contributed by atoms with Crippen LogP contribution in [-0.2, 0) is 9.59 Å². The van der Waals surface area contributed by atoms with Crippen LogP contribution in [0.25, 0.3) is 0 Å². The Morgan fingerprint density at radius 3 is 2.42 bits per heavy atom. The molecule has 0 spiro atoms. The Balaban J connectivity index is 2.60. The van der Waals surface area contributed by atoms with Gasteiger partial charge in [-0.15, -0.1) is 0 Å². The largest absolute Gasteiger partial charge is 0.480 e. The highest BCUT2D eigenvalue weighted by Gasteiger charge is 2.43. The zero-order valence-corrected chi connectivity index (χ0v) is 10.1. The Hall–Kier alpha value is -1.31. The number of carboxylic acid groups (broad SMARTS) is 1. The summed E-state index contributed by atoms with van der Waals surface area (Å²) in [5.74, 6) is -4.53. The number of alkyl halides is 3. The molecule has 1 aliphatic rings. The first-order valence-corrected chi connectivity index (χ1v) is 5.96. The lowest BCUT2D eigenvalue weighted by molar-refractivity contribution is -0.186. The van der Waals surface area contributed by atoms with Crippen molar-refractivity contribution in [1.29, 1.82) is 0 Å². The molecule has 1 amide bonds. The molecule has 0 radical (unpaired) electrons. The van der Waals surface area contributed by atoms with Crippen molar-refractivity contribution in [2.24, 2.45) is 11.8 Å². The Morgan fingerprint density at radius 2 is 1.95 bits per heavy atom. The van der Waals surface area contributed by atoms with E-state index in [2.05, 4.69) is 5.32 Å². The van der Waals surface area contributed by atoms with Gasteiger partial charge in [-0.05, 0) is 19.3 Å². The first-order valence-electron chi connectivity index (χ1n) is 5.96. The number of carbonyl (C=O) groups is 2. The Kier molecular flexibility index (Phi) is 5.16. The third-order valence-corrected chi connectivity index (χ3v) is 3.31. The maximum atomic E-state index is 12.6. The fourth-order valence-corrected chi connectivity index (χ4v) is 2.20. The normalized spacial score (nSPS) is 25.7. The van der Waals surface area contributed by atoms with Gasteiger partial charge < -0.3 is 15.5 Å². The number of halogens is 3. The number of carbonyl (C=O) groups excluding carboxylic acids is 1. The van der Waals surface area contributed by atoms with E-state index in [1.807, 2.05) is 0 Å². The summed E-state index contributed by atoms with van der Waals surface area (Å²) in [7, 11) is 0. The summed E-state index contributed by atoms with van der Waals surface area (Å²) in [6, 6.07) is -1.47. The molecule has 3 unspecified atom stereocenters. The van der Waals surface area contributed by atoms with Crippen molar-refractivity contribution in [3.05, 3.63) is 0 Å². The minimum Gasteiger partial charge on any atom is -0.480 e. The quantitative estimate of drug-likeness (QED) is 0.716. The van der Waals surface area contributed by atoms with Crippen molar-refractivity contribution < 1.29 is 33.0 Å². The average molecular weight is 283 g/mol. The molecule has 8 heteroatoms. The highest BCUT2D eigenvalue weighted by atomic mass is 19.4. The molecule has 0 aromatic rings. The summed E-state index contributed by atoms with van der Waals surface area (Å²) in [5, 5.41) is 19.4. The highest BCUT2D eigenvalue weighted by molar-refractivity contribution is 5.85. The summed E-state index contributed by atoms with van der Waals surface area (Å²) in [6.07, 6.45) is -4.08. The van der Waals surface area contributed by atoms with Crippen LogP contribution in [0.2, 0.25) is 0 Å². The van der Waals surface area contributed by atoms with Crippen LogP contribution in [0.3, 0.4) is 0 Å². The second kappa shape index (κ2) is 6.23. The van der Waals surface area contributed by atoms with Crippen molar-refractivity contribution in [2.75, 3.05) is 6.61 Å². The second-order valence-corrected chi connectivity index (χ2v) is 4.68. The fourth-order valence-electron chi connectivity index (χ4n) is 2.20. The van der Waals surface area contributed by atoms with Gasteiger partial charge in [0, 0.05) is 5.92 Å². The Bertz CT molecular complexity index is 345. The van der Waals surface area contributed by atoms with Crippen LogP contribution in [0.4, 0.5) is 13.2 Å². The maximum absolute atomic E-state index is 12.6. The van der Waals surface area contributed by atoms with Crippen molar-refractivity contribution in [1.82, 2.24) is 5.32 Å². The molecule has 0 saturated heterocycles. The van der Waals surface area contributed by atoms with E-state index in [-0.39, 0.29) is 19.3 Å². The van der Waals surface area contributed by atoms with Crippen LogP contribution in [0.1, 0.15) is 25.7 Å². The average Bonchev–Trinajstić information content (AvgIpc) is 2.34. The molecule has 1 fully saturated rings. The lowest BCUT2D eigenvalue weighted by Gasteiger charge is -2.30. The molecule has 19 heavy (non-hydrogen) atoms. The van der Waals surface area contributed by atoms with Gasteiger partial charge in [0.1, 0.15) is 6.04 Å². The number of nitrogens with one attached hydrogen (secondary N) is 1. The van der Waals surface area contributed by atoms with Gasteiger partial charge in [-0.1, -0.05) is 6.42 Å². The van der Waals surface area contributed by atoms with E-state index in [0.717, 1.165) is 0 Å². The molecule has 5 nitrogen and oxygen atoms in total. The van der Waals surface area contributed by atoms with Crippen molar-refractivity contribution in [3.8, 4) is 0 Å². The number of rotatable bonds is 4. The molecule has 1 aliphatic carbocycles. The molecule has 1 saturated carbocycles. The SMILES string of the molecule is O=C(NC(CO)C(=O)O)C1CCCC(C(F)(F)F)C1. The number of hydrogen-bond donors (Lipinski definition) is 3. The summed E-state index contributed by atoms with van der Waals surface area (Å²) >= 11 is 0. The number of aliphatic carboxylic acids is 1. The van der Waals surface area contributed by atoms with E-state index in [1.165, 1.54) is 0 Å². The summed E-state index contributed by atoms with van der Waals surface area (Å²) in [6.45, 7) is -0.795. The highest BCUT2D eigenvalue weighted by Crippen LogP contribution is 2.39. The van der Waals surface area contributed by atoms with Gasteiger partial charge in [0.25, 0.3) is 0 Å². The van der Waals surface area contributed by atoms with E-state index >= 15 is 0 Å². The lowest BCUT2D eigenvalue weighted by atomic mass is 9.80. The first kappa shape index (κ1) is 15.7. The van der Waals surface area contributed by atoms with Crippen molar-refractivity contribution >= 4 is 11.9 Å². The molecule has 0 aromatic heterocycles. The van der Waals surface area contributed by atoms with Crippen LogP contribution in [-0.4, -0.2) is 40.9 Å². The van der Waals surface area contributed by atoms with Crippen LogP contribution < -0.4 is 5.32 Å². The van der Waals surface area contributed by atoms with Gasteiger partial charge in [0.15, 0.2) is 0 Å². The van der Waals surface area contributed by atoms with Crippen molar-refractivity contribution in [2.45, 2.75) is 37.9 Å². The molecule has 1 rings (SSSR count). The van der Waals surface area contributed by atoms with Gasteiger partial charge >= 0.3 is 12.1 Å². The van der Waals surface area contributed by atoms with Crippen LogP contribution >= 0.6 is 0 Å². The number of hydrogen-bond acceptors (Lipinski definition) is 3. The third-order valence-electron chi connectivity index (χ3n) is 3.31. The van der Waals surface area contributed by atoms with Crippen LogP contribution in [0.15, 0.2) is 0 Å². The van der Waals surface area contributed by atoms with E-state index in [4.69, 9.17) is 10.2 Å². The van der Waals surface area contributed by atoms with E-state index in [1.54, 1.807) is 0 Å². The molecular formula is C11H16F3NO4. The third kappa shape index (κ3) is 4.38. The predicted molar refractivity (Wildman–Crippen MR) is 58.2 cm³/mol. The molecule has 3 atom stereocenters. The van der Waals surface area contributed by atoms with E-state index in [9.17, 15) is 22.8 Å². The molecular weight excluding hydrogens is 267 g/mol. The number of aliphatic hydroxyl groups excluding tert-OH is 1. The standard InChI is InChI=1S/C11H16F3NO4/c12-11(13,14)7-3-1-2-6(4-7)9(17)15-8(5-16)10(18)19/h6-8,16H,1-5H2,(H,15,17)(H,18,19). The number of aliphatic hydroxyl groups is 1. The molecule has 0 bridgehead atoms. The maximum Gasteiger partial charge on any atom is 0.391 e. The zero-order chi connectivity index (χ0) is 14.6. The van der Waals surface area contributed by atoms with Gasteiger partial charge in [0.2, 0.25) is 5.91 Å². The fraction of sp³-hybridized carbons (Fsp3) is 0.818. The van der Waals surface area contributed by atoms with Gasteiger partial charge in [-0.25, -0.2) is 4.79 Å². The Morgan fingerprint density at radius 1 is 1.32 bits per heavy atom. The molecule has 0 aromatic carbocycles. The smallest absolute Gasteiger partial charge is 0.391 e. The monoisotopic (exact) mass is 283 g/mol. The predicted octanol–water partition coefficient (Wildman–Crippen LogP) is 0.917. The zero-order valence-electron chi connectivity index (χ0n) is 10.1. The van der Waals surface area contributed by atoms with E-state index in [0.29, 0.717) is 6.42 Å². The minimum absolute atomic E-state index is 0.00433.